The van der Waals surface area contributed by atoms with Gasteiger partial charge in [-0.3, -0.25) is 0 Å². The minimum absolute atomic E-state index is 1.07. The normalized spacial score (nSPS) is 15.1. The minimum atomic E-state index is 1.07. The van der Waals surface area contributed by atoms with E-state index in [0.717, 1.165) is 13.1 Å². The fraction of sp³-hybridized carbons (Fsp3) is 0.600. The van der Waals surface area contributed by atoms with Crippen molar-refractivity contribution in [1.29, 1.82) is 0 Å². The Hall–Kier alpha value is -0.340. The molecule has 0 aromatic carbocycles. The molecule has 0 spiro atoms. The quantitative estimate of drug-likeness (QED) is 0.754. The molecule has 0 atom stereocenters. The number of hydrogen-bond acceptors (Lipinski definition) is 2. The number of aryl methyl sites for hydroxylation is 1. The molecule has 1 aromatic heterocycles. The molecule has 1 aromatic rings. The molecule has 66 valence electrons. The zero-order valence-electron chi connectivity index (χ0n) is 7.52. The topological polar surface area (TPSA) is 12.0 Å². The van der Waals surface area contributed by atoms with Crippen LogP contribution in [0.15, 0.2) is 5.38 Å². The maximum Gasteiger partial charge on any atom is 0.0216 e. The lowest BCUT2D eigenvalue weighted by atomic mass is 10.1. The van der Waals surface area contributed by atoms with E-state index < -0.39 is 0 Å². The minimum Gasteiger partial charge on any atom is -0.313 e. The number of thiophene rings is 1. The summed E-state index contributed by atoms with van der Waals surface area (Å²) in [6.07, 6.45) is 4.02. The Balaban J connectivity index is 2.11. The van der Waals surface area contributed by atoms with Gasteiger partial charge in [0.2, 0.25) is 0 Å². The first-order chi connectivity index (χ1) is 5.92. The monoisotopic (exact) mass is 181 g/mol. The van der Waals surface area contributed by atoms with Crippen LogP contribution in [0.4, 0.5) is 0 Å². The van der Waals surface area contributed by atoms with Crippen LogP contribution in [0.1, 0.15) is 29.3 Å². The zero-order valence-corrected chi connectivity index (χ0v) is 8.34. The van der Waals surface area contributed by atoms with Crippen LogP contribution in [0.2, 0.25) is 0 Å². The van der Waals surface area contributed by atoms with Gasteiger partial charge < -0.3 is 5.32 Å². The summed E-state index contributed by atoms with van der Waals surface area (Å²) in [6.45, 7) is 4.31. The van der Waals surface area contributed by atoms with E-state index in [1.54, 1.807) is 16.0 Å². The lowest BCUT2D eigenvalue weighted by Gasteiger charge is -2.00. The van der Waals surface area contributed by atoms with E-state index in [1.165, 1.54) is 19.3 Å². The fourth-order valence-electron chi connectivity index (χ4n) is 1.81. The predicted octanol–water partition coefficient (Wildman–Crippen LogP) is 2.35. The van der Waals surface area contributed by atoms with Crippen LogP contribution < -0.4 is 5.32 Å². The maximum atomic E-state index is 3.39. The van der Waals surface area contributed by atoms with Crippen molar-refractivity contribution >= 4 is 11.3 Å². The molecule has 1 nitrogen and oxygen atoms in total. The Morgan fingerprint density at radius 3 is 3.25 bits per heavy atom. The van der Waals surface area contributed by atoms with Crippen molar-refractivity contribution in [3.8, 4) is 0 Å². The first-order valence-electron chi connectivity index (χ1n) is 4.70. The van der Waals surface area contributed by atoms with Crippen LogP contribution in [0, 0.1) is 0 Å². The third-order valence-electron chi connectivity index (χ3n) is 2.46. The summed E-state index contributed by atoms with van der Waals surface area (Å²) in [5, 5.41) is 5.71. The maximum absolute atomic E-state index is 3.39. The SMILES string of the molecule is CCNCc1csc2c1CCC2. The van der Waals surface area contributed by atoms with Gasteiger partial charge in [0.25, 0.3) is 0 Å². The Kier molecular flexibility index (Phi) is 2.47. The van der Waals surface area contributed by atoms with Gasteiger partial charge in [-0.25, -0.2) is 0 Å². The Bertz CT molecular complexity index is 265. The molecular weight excluding hydrogens is 166 g/mol. The van der Waals surface area contributed by atoms with Gasteiger partial charge in [-0.05, 0) is 42.3 Å². The van der Waals surface area contributed by atoms with Crippen LogP contribution in [-0.4, -0.2) is 6.54 Å². The van der Waals surface area contributed by atoms with E-state index in [9.17, 15) is 0 Å². The van der Waals surface area contributed by atoms with Gasteiger partial charge in [0, 0.05) is 11.4 Å². The molecule has 1 heterocycles. The van der Waals surface area contributed by atoms with E-state index in [-0.39, 0.29) is 0 Å². The number of hydrogen-bond donors (Lipinski definition) is 1. The molecule has 2 rings (SSSR count). The lowest BCUT2D eigenvalue weighted by Crippen LogP contribution is -2.12. The van der Waals surface area contributed by atoms with Crippen molar-refractivity contribution in [2.24, 2.45) is 0 Å². The molecule has 0 aliphatic heterocycles. The summed E-state index contributed by atoms with van der Waals surface area (Å²) < 4.78 is 0. The van der Waals surface area contributed by atoms with Gasteiger partial charge in [0.1, 0.15) is 0 Å². The van der Waals surface area contributed by atoms with Crippen molar-refractivity contribution < 1.29 is 0 Å². The third kappa shape index (κ3) is 1.41. The van der Waals surface area contributed by atoms with Crippen LogP contribution in [0.25, 0.3) is 0 Å². The molecule has 0 fully saturated rings. The highest BCUT2D eigenvalue weighted by Crippen LogP contribution is 2.30. The Labute approximate surface area is 77.8 Å². The molecule has 2 heteroatoms. The molecule has 1 N–H and O–H groups in total. The van der Waals surface area contributed by atoms with Crippen LogP contribution in [-0.2, 0) is 19.4 Å². The summed E-state index contributed by atoms with van der Waals surface area (Å²) in [7, 11) is 0. The van der Waals surface area contributed by atoms with E-state index in [1.807, 2.05) is 11.3 Å². The summed E-state index contributed by atoms with van der Waals surface area (Å²) in [5.74, 6) is 0. The standard InChI is InChI=1S/C10H15NS/c1-2-11-6-8-7-12-10-5-3-4-9(8)10/h7,11H,2-6H2,1H3. The van der Waals surface area contributed by atoms with Crippen molar-refractivity contribution in [3.63, 3.8) is 0 Å². The van der Waals surface area contributed by atoms with Crippen LogP contribution in [0.3, 0.4) is 0 Å². The highest BCUT2D eigenvalue weighted by molar-refractivity contribution is 7.10. The van der Waals surface area contributed by atoms with Gasteiger partial charge in [-0.15, -0.1) is 11.3 Å². The molecule has 0 radical (unpaired) electrons. The van der Waals surface area contributed by atoms with Crippen molar-refractivity contribution in [2.75, 3.05) is 6.54 Å². The highest BCUT2D eigenvalue weighted by atomic mass is 32.1. The molecule has 0 unspecified atom stereocenters. The number of nitrogens with one attached hydrogen (secondary N) is 1. The molecule has 1 aliphatic rings. The Morgan fingerprint density at radius 2 is 2.42 bits per heavy atom. The predicted molar refractivity (Wildman–Crippen MR) is 53.7 cm³/mol. The average molecular weight is 181 g/mol. The smallest absolute Gasteiger partial charge is 0.0216 e. The second kappa shape index (κ2) is 3.58. The molecule has 0 bridgehead atoms. The fourth-order valence-corrected chi connectivity index (χ4v) is 2.95. The van der Waals surface area contributed by atoms with Crippen molar-refractivity contribution in [3.05, 3.63) is 21.4 Å². The van der Waals surface area contributed by atoms with E-state index in [4.69, 9.17) is 0 Å². The molecular formula is C10H15NS. The third-order valence-corrected chi connectivity index (χ3v) is 3.60. The van der Waals surface area contributed by atoms with Crippen LogP contribution in [0.5, 0.6) is 0 Å². The van der Waals surface area contributed by atoms with Gasteiger partial charge in [0.05, 0.1) is 0 Å². The van der Waals surface area contributed by atoms with Crippen LogP contribution >= 0.6 is 11.3 Å². The number of rotatable bonds is 3. The highest BCUT2D eigenvalue weighted by Gasteiger charge is 2.15. The van der Waals surface area contributed by atoms with Gasteiger partial charge in [-0.1, -0.05) is 6.92 Å². The van der Waals surface area contributed by atoms with E-state index >= 15 is 0 Å². The molecule has 0 amide bonds. The van der Waals surface area contributed by atoms with Crippen molar-refractivity contribution in [1.82, 2.24) is 5.32 Å². The second-order valence-electron chi connectivity index (χ2n) is 3.30. The van der Waals surface area contributed by atoms with Gasteiger partial charge in [0.15, 0.2) is 0 Å². The number of fused-ring (bicyclic) bond motifs is 1. The average Bonchev–Trinajstić information content (AvgIpc) is 2.62. The molecule has 1 aliphatic carbocycles. The van der Waals surface area contributed by atoms with Crippen molar-refractivity contribution in [2.45, 2.75) is 32.7 Å². The van der Waals surface area contributed by atoms with Gasteiger partial charge >= 0.3 is 0 Å². The largest absolute Gasteiger partial charge is 0.313 e. The lowest BCUT2D eigenvalue weighted by molar-refractivity contribution is 0.722. The zero-order chi connectivity index (χ0) is 8.39. The second-order valence-corrected chi connectivity index (χ2v) is 4.26. The molecule has 0 saturated carbocycles. The molecule has 0 saturated heterocycles. The molecule has 12 heavy (non-hydrogen) atoms. The summed E-state index contributed by atoms with van der Waals surface area (Å²) in [6, 6.07) is 0. The first kappa shape index (κ1) is 8.27. The summed E-state index contributed by atoms with van der Waals surface area (Å²) in [5.41, 5.74) is 3.20. The van der Waals surface area contributed by atoms with E-state index in [0.29, 0.717) is 0 Å². The first-order valence-corrected chi connectivity index (χ1v) is 5.58. The van der Waals surface area contributed by atoms with E-state index in [2.05, 4.69) is 17.6 Å². The summed E-state index contributed by atoms with van der Waals surface area (Å²) >= 11 is 1.95. The Morgan fingerprint density at radius 1 is 1.50 bits per heavy atom. The summed E-state index contributed by atoms with van der Waals surface area (Å²) in [4.78, 5) is 1.64. The van der Waals surface area contributed by atoms with Gasteiger partial charge in [-0.2, -0.15) is 0 Å².